The summed E-state index contributed by atoms with van der Waals surface area (Å²) in [4.78, 5) is 41.0. The zero-order valence-corrected chi connectivity index (χ0v) is 20.2. The lowest BCUT2D eigenvalue weighted by Gasteiger charge is -2.19. The van der Waals surface area contributed by atoms with Crippen LogP contribution in [-0.4, -0.2) is 16.6 Å². The molecule has 0 fully saturated rings. The van der Waals surface area contributed by atoms with Crippen molar-refractivity contribution >= 4 is 23.7 Å². The molecule has 3 aromatic rings. The molecule has 0 heterocycles. The zero-order valence-electron chi connectivity index (χ0n) is 19.3. The first kappa shape index (κ1) is 23.6. The van der Waals surface area contributed by atoms with Gasteiger partial charge in [0.05, 0.1) is 0 Å². The molecule has 3 aromatic carbocycles. The Kier molecular flexibility index (Phi) is 6.48. The maximum atomic E-state index is 14.4. The van der Waals surface area contributed by atoms with Crippen LogP contribution in [0.1, 0.15) is 64.5 Å². The number of rotatable bonds is 6. The maximum Gasteiger partial charge on any atom is 0.287 e. The number of hydrogen-bond acceptors (Lipinski definition) is 4. The van der Waals surface area contributed by atoms with Crippen LogP contribution in [0.5, 0.6) is 0 Å². The molecule has 0 aliphatic carbocycles. The highest BCUT2D eigenvalue weighted by Crippen LogP contribution is 2.55. The van der Waals surface area contributed by atoms with Crippen molar-refractivity contribution in [2.24, 2.45) is 0 Å². The van der Waals surface area contributed by atoms with Crippen LogP contribution >= 0.6 is 7.14 Å². The standard InChI is InChI=1S/C27H27O4P/c1-16-7-10-22(19(4)13-16)25(28)32(31,26(29)23-11-8-17(2)14-20(23)5)27(30)24-12-9-18(3)15-21(24)6/h7-15H,1-6H3. The molecule has 3 rings (SSSR count). The lowest BCUT2D eigenvalue weighted by atomic mass is 10.1. The van der Waals surface area contributed by atoms with Gasteiger partial charge in [-0.1, -0.05) is 71.3 Å². The molecule has 0 bridgehead atoms. The maximum absolute atomic E-state index is 14.4. The van der Waals surface area contributed by atoms with E-state index in [0.29, 0.717) is 16.7 Å². The molecule has 0 atom stereocenters. The minimum atomic E-state index is -4.70. The summed E-state index contributed by atoms with van der Waals surface area (Å²) in [5.74, 6) is 0. The molecule has 4 nitrogen and oxygen atoms in total. The molecule has 32 heavy (non-hydrogen) atoms. The van der Waals surface area contributed by atoms with Crippen LogP contribution in [0.2, 0.25) is 0 Å². The summed E-state index contributed by atoms with van der Waals surface area (Å²) >= 11 is 0. The van der Waals surface area contributed by atoms with E-state index >= 15 is 0 Å². The van der Waals surface area contributed by atoms with Gasteiger partial charge in [-0.15, -0.1) is 0 Å². The van der Waals surface area contributed by atoms with E-state index in [1.807, 2.05) is 20.8 Å². The van der Waals surface area contributed by atoms with Crippen molar-refractivity contribution in [2.45, 2.75) is 41.5 Å². The summed E-state index contributed by atoms with van der Waals surface area (Å²) in [5.41, 5.74) is 2.19. The van der Waals surface area contributed by atoms with Gasteiger partial charge in [-0.2, -0.15) is 0 Å². The van der Waals surface area contributed by atoms with Gasteiger partial charge in [0.2, 0.25) is 16.6 Å². The molecule has 0 unspecified atom stereocenters. The molecule has 0 aliphatic rings. The minimum absolute atomic E-state index is 0.134. The normalized spacial score (nSPS) is 11.3. The molecule has 0 radical (unpaired) electrons. The summed E-state index contributed by atoms with van der Waals surface area (Å²) in [6.45, 7) is 10.8. The Hall–Kier alpha value is -3.10. The number of carbonyl (C=O) groups is 3. The highest BCUT2D eigenvalue weighted by molar-refractivity contribution is 8.07. The van der Waals surface area contributed by atoms with E-state index in [2.05, 4.69) is 0 Å². The third-order valence-corrected chi connectivity index (χ3v) is 8.13. The molecule has 0 spiro atoms. The van der Waals surface area contributed by atoms with Gasteiger partial charge >= 0.3 is 0 Å². The van der Waals surface area contributed by atoms with E-state index in [-0.39, 0.29) is 16.7 Å². The van der Waals surface area contributed by atoms with Gasteiger partial charge in [-0.25, -0.2) is 0 Å². The Morgan fingerprint density at radius 3 is 0.969 bits per heavy atom. The van der Waals surface area contributed by atoms with Gasteiger partial charge in [0, 0.05) is 16.7 Å². The largest absolute Gasteiger partial charge is 0.298 e. The third kappa shape index (κ3) is 4.16. The first-order valence-electron chi connectivity index (χ1n) is 10.4. The highest BCUT2D eigenvalue weighted by Gasteiger charge is 2.49. The number of benzene rings is 3. The topological polar surface area (TPSA) is 68.3 Å². The molecular weight excluding hydrogens is 419 g/mol. The fourth-order valence-electron chi connectivity index (χ4n) is 3.95. The number of aryl methyl sites for hydroxylation is 6. The van der Waals surface area contributed by atoms with Crippen LogP contribution in [0.25, 0.3) is 0 Å². The van der Waals surface area contributed by atoms with Crippen LogP contribution in [0.4, 0.5) is 0 Å². The SMILES string of the molecule is Cc1ccc(C(=O)P(=O)(C(=O)c2ccc(C)cc2C)C(=O)c2ccc(C)cc2C)c(C)c1. The van der Waals surface area contributed by atoms with Crippen molar-refractivity contribution < 1.29 is 18.9 Å². The summed E-state index contributed by atoms with van der Waals surface area (Å²) in [6.07, 6.45) is 0. The van der Waals surface area contributed by atoms with Crippen LogP contribution in [0, 0.1) is 41.5 Å². The van der Waals surface area contributed by atoms with Crippen molar-refractivity contribution in [2.75, 3.05) is 0 Å². The predicted octanol–water partition coefficient (Wildman–Crippen LogP) is 6.72. The van der Waals surface area contributed by atoms with Gasteiger partial charge in [-0.3, -0.25) is 18.9 Å². The quantitative estimate of drug-likeness (QED) is 0.394. The first-order chi connectivity index (χ1) is 15.0. The van der Waals surface area contributed by atoms with E-state index < -0.39 is 23.7 Å². The molecule has 0 saturated heterocycles. The molecule has 0 aliphatic heterocycles. The summed E-state index contributed by atoms with van der Waals surface area (Å²) in [7, 11) is -4.70. The fourth-order valence-corrected chi connectivity index (χ4v) is 6.27. The average Bonchev–Trinajstić information content (AvgIpc) is 2.72. The van der Waals surface area contributed by atoms with Crippen LogP contribution in [0.3, 0.4) is 0 Å². The predicted molar refractivity (Wildman–Crippen MR) is 128 cm³/mol. The second-order valence-corrected chi connectivity index (χ2v) is 10.9. The smallest absolute Gasteiger partial charge is 0.287 e. The molecule has 0 aromatic heterocycles. The van der Waals surface area contributed by atoms with E-state index in [1.54, 1.807) is 75.4 Å². The van der Waals surface area contributed by atoms with Gasteiger partial charge in [0.25, 0.3) is 7.14 Å². The Bertz CT molecular complexity index is 1160. The first-order valence-corrected chi connectivity index (χ1v) is 12.1. The van der Waals surface area contributed by atoms with Crippen molar-refractivity contribution in [1.82, 2.24) is 0 Å². The summed E-state index contributed by atoms with van der Waals surface area (Å²) in [5, 5.41) is 0. The van der Waals surface area contributed by atoms with E-state index in [0.717, 1.165) is 16.7 Å². The zero-order chi connectivity index (χ0) is 23.8. The summed E-state index contributed by atoms with van der Waals surface area (Å²) in [6, 6.07) is 15.1. The Labute approximate surface area is 189 Å². The van der Waals surface area contributed by atoms with Crippen LogP contribution in [0.15, 0.2) is 54.6 Å². The second-order valence-electron chi connectivity index (χ2n) is 8.48. The Morgan fingerprint density at radius 1 is 0.500 bits per heavy atom. The van der Waals surface area contributed by atoms with Crippen molar-refractivity contribution in [3.05, 3.63) is 105 Å². The highest BCUT2D eigenvalue weighted by atomic mass is 31.2. The fraction of sp³-hybridized carbons (Fsp3) is 0.222. The van der Waals surface area contributed by atoms with Gasteiger partial charge in [0.1, 0.15) is 0 Å². The monoisotopic (exact) mass is 446 g/mol. The lowest BCUT2D eigenvalue weighted by Crippen LogP contribution is -2.20. The van der Waals surface area contributed by atoms with E-state index in [9.17, 15) is 18.9 Å². The van der Waals surface area contributed by atoms with Crippen molar-refractivity contribution in [3.63, 3.8) is 0 Å². The number of hydrogen-bond donors (Lipinski definition) is 0. The van der Waals surface area contributed by atoms with Crippen molar-refractivity contribution in [3.8, 4) is 0 Å². The Balaban J connectivity index is 2.26. The number of carbonyl (C=O) groups excluding carboxylic acids is 3. The lowest BCUT2D eigenvalue weighted by molar-refractivity contribution is 0.100. The van der Waals surface area contributed by atoms with Crippen LogP contribution < -0.4 is 0 Å². The molecule has 0 saturated carbocycles. The summed E-state index contributed by atoms with van der Waals surface area (Å²) < 4.78 is 14.4. The molecule has 0 N–H and O–H groups in total. The molecule has 0 amide bonds. The van der Waals surface area contributed by atoms with Crippen LogP contribution in [-0.2, 0) is 4.57 Å². The second kappa shape index (κ2) is 8.80. The van der Waals surface area contributed by atoms with Gasteiger partial charge in [0.15, 0.2) is 0 Å². The average molecular weight is 446 g/mol. The van der Waals surface area contributed by atoms with E-state index in [4.69, 9.17) is 0 Å². The minimum Gasteiger partial charge on any atom is -0.298 e. The van der Waals surface area contributed by atoms with Crippen molar-refractivity contribution in [1.29, 1.82) is 0 Å². The Morgan fingerprint density at radius 2 is 0.750 bits per heavy atom. The molecule has 164 valence electrons. The molecular formula is C27H27O4P. The van der Waals surface area contributed by atoms with Gasteiger partial charge in [-0.05, 0) is 58.2 Å². The van der Waals surface area contributed by atoms with E-state index in [1.165, 1.54) is 0 Å². The third-order valence-electron chi connectivity index (χ3n) is 5.69. The molecule has 5 heteroatoms. The van der Waals surface area contributed by atoms with Gasteiger partial charge < -0.3 is 0 Å².